The maximum Gasteiger partial charge on any atom is 0.0815 e. The van der Waals surface area contributed by atoms with Crippen LogP contribution < -0.4 is 5.32 Å². The summed E-state index contributed by atoms with van der Waals surface area (Å²) in [6.07, 6.45) is 1.27. The molecule has 0 amide bonds. The Balaban J connectivity index is 2.28. The van der Waals surface area contributed by atoms with Gasteiger partial charge in [-0.1, -0.05) is 6.92 Å². The smallest absolute Gasteiger partial charge is 0.0815 e. The Kier molecular flexibility index (Phi) is 5.14. The molecule has 5 nitrogen and oxygen atoms in total. The Bertz CT molecular complexity index is 200. The number of rotatable bonds is 6. The van der Waals surface area contributed by atoms with E-state index in [1.54, 1.807) is 6.92 Å². The van der Waals surface area contributed by atoms with Gasteiger partial charge in [-0.15, -0.1) is 0 Å². The first-order valence-electron chi connectivity index (χ1n) is 5.76. The Morgan fingerprint density at radius 1 is 1.25 bits per heavy atom. The molecule has 0 spiro atoms. The van der Waals surface area contributed by atoms with Crippen LogP contribution in [0.25, 0.3) is 0 Å². The Morgan fingerprint density at radius 2 is 1.81 bits per heavy atom. The van der Waals surface area contributed by atoms with Crippen molar-refractivity contribution in [2.75, 3.05) is 39.5 Å². The maximum atomic E-state index is 10.1. The van der Waals surface area contributed by atoms with E-state index in [9.17, 15) is 5.11 Å². The topological polar surface area (TPSA) is 82.0 Å². The van der Waals surface area contributed by atoms with Crippen LogP contribution in [-0.4, -0.2) is 60.4 Å². The SMILES string of the molecule is CC(CO)(CO)CNCC1(O)CCOCC1. The molecule has 0 aromatic carbocycles. The molecule has 1 heterocycles. The lowest BCUT2D eigenvalue weighted by Crippen LogP contribution is -2.48. The van der Waals surface area contributed by atoms with Crippen LogP contribution in [0.15, 0.2) is 0 Å². The predicted octanol–water partition coefficient (Wildman–Crippen LogP) is -0.892. The molecular formula is C11H23NO4. The lowest BCUT2D eigenvalue weighted by molar-refractivity contribution is -0.0634. The zero-order chi connectivity index (χ0) is 12.1. The molecule has 1 aliphatic rings. The molecule has 96 valence electrons. The highest BCUT2D eigenvalue weighted by atomic mass is 16.5. The highest BCUT2D eigenvalue weighted by Gasteiger charge is 2.30. The van der Waals surface area contributed by atoms with Crippen molar-refractivity contribution in [2.24, 2.45) is 5.41 Å². The van der Waals surface area contributed by atoms with Crippen LogP contribution in [0, 0.1) is 5.41 Å². The van der Waals surface area contributed by atoms with E-state index in [-0.39, 0.29) is 13.2 Å². The Morgan fingerprint density at radius 3 is 2.31 bits per heavy atom. The number of hydrogen-bond acceptors (Lipinski definition) is 5. The van der Waals surface area contributed by atoms with Crippen LogP contribution in [0.5, 0.6) is 0 Å². The summed E-state index contributed by atoms with van der Waals surface area (Å²) in [6, 6.07) is 0. The van der Waals surface area contributed by atoms with Gasteiger partial charge in [0.15, 0.2) is 0 Å². The van der Waals surface area contributed by atoms with Gasteiger partial charge in [-0.05, 0) is 0 Å². The fraction of sp³-hybridized carbons (Fsp3) is 1.00. The van der Waals surface area contributed by atoms with E-state index in [4.69, 9.17) is 14.9 Å². The summed E-state index contributed by atoms with van der Waals surface area (Å²) in [6.45, 7) is 3.81. The molecule has 0 aromatic rings. The van der Waals surface area contributed by atoms with Crippen molar-refractivity contribution in [1.82, 2.24) is 5.32 Å². The van der Waals surface area contributed by atoms with Crippen LogP contribution in [0.1, 0.15) is 19.8 Å². The molecule has 0 bridgehead atoms. The molecule has 5 heteroatoms. The van der Waals surface area contributed by atoms with Crippen LogP contribution in [0.2, 0.25) is 0 Å². The number of aliphatic hydroxyl groups excluding tert-OH is 2. The van der Waals surface area contributed by atoms with Crippen molar-refractivity contribution in [3.8, 4) is 0 Å². The van der Waals surface area contributed by atoms with Gasteiger partial charge in [0.25, 0.3) is 0 Å². The molecule has 4 N–H and O–H groups in total. The first-order chi connectivity index (χ1) is 7.54. The molecule has 0 atom stereocenters. The van der Waals surface area contributed by atoms with E-state index in [0.717, 1.165) is 0 Å². The highest BCUT2D eigenvalue weighted by Crippen LogP contribution is 2.20. The average Bonchev–Trinajstić information content (AvgIpc) is 2.29. The van der Waals surface area contributed by atoms with Gasteiger partial charge < -0.3 is 25.4 Å². The fourth-order valence-corrected chi connectivity index (χ4v) is 1.69. The molecule has 0 unspecified atom stereocenters. The van der Waals surface area contributed by atoms with E-state index in [2.05, 4.69) is 5.32 Å². The van der Waals surface area contributed by atoms with Gasteiger partial charge in [-0.25, -0.2) is 0 Å². The van der Waals surface area contributed by atoms with Crippen molar-refractivity contribution in [3.05, 3.63) is 0 Å². The second-order valence-electron chi connectivity index (χ2n) is 5.07. The average molecular weight is 233 g/mol. The Hall–Kier alpha value is -0.200. The van der Waals surface area contributed by atoms with Crippen molar-refractivity contribution < 1.29 is 20.1 Å². The fourth-order valence-electron chi connectivity index (χ4n) is 1.69. The minimum absolute atomic E-state index is 0.0714. The maximum absolute atomic E-state index is 10.1. The normalized spacial score (nSPS) is 21.0. The molecule has 0 radical (unpaired) electrons. The number of aliphatic hydroxyl groups is 3. The van der Waals surface area contributed by atoms with Gasteiger partial charge in [0.1, 0.15) is 0 Å². The van der Waals surface area contributed by atoms with Gasteiger partial charge >= 0.3 is 0 Å². The van der Waals surface area contributed by atoms with E-state index in [1.165, 1.54) is 0 Å². The summed E-state index contributed by atoms with van der Waals surface area (Å²) in [5.41, 5.74) is -1.23. The van der Waals surface area contributed by atoms with Crippen LogP contribution in [-0.2, 0) is 4.74 Å². The summed E-state index contributed by atoms with van der Waals surface area (Å²) in [4.78, 5) is 0. The first-order valence-corrected chi connectivity index (χ1v) is 5.76. The lowest BCUT2D eigenvalue weighted by atomic mass is 9.91. The van der Waals surface area contributed by atoms with E-state index in [1.807, 2.05) is 0 Å². The largest absolute Gasteiger partial charge is 0.396 e. The zero-order valence-corrected chi connectivity index (χ0v) is 9.91. The van der Waals surface area contributed by atoms with Gasteiger partial charge in [0.2, 0.25) is 0 Å². The zero-order valence-electron chi connectivity index (χ0n) is 9.91. The second kappa shape index (κ2) is 5.93. The predicted molar refractivity (Wildman–Crippen MR) is 60.2 cm³/mol. The number of hydrogen-bond donors (Lipinski definition) is 4. The lowest BCUT2D eigenvalue weighted by Gasteiger charge is -2.34. The molecule has 0 saturated carbocycles. The van der Waals surface area contributed by atoms with Crippen molar-refractivity contribution >= 4 is 0 Å². The van der Waals surface area contributed by atoms with Crippen LogP contribution >= 0.6 is 0 Å². The number of ether oxygens (including phenoxy) is 1. The third-order valence-electron chi connectivity index (χ3n) is 3.19. The molecule has 1 fully saturated rings. The molecule has 1 saturated heterocycles. The van der Waals surface area contributed by atoms with Crippen molar-refractivity contribution in [2.45, 2.75) is 25.4 Å². The molecule has 1 rings (SSSR count). The monoisotopic (exact) mass is 233 g/mol. The molecule has 0 aliphatic carbocycles. The van der Waals surface area contributed by atoms with Crippen LogP contribution in [0.4, 0.5) is 0 Å². The summed E-state index contributed by atoms with van der Waals surface area (Å²) in [5.74, 6) is 0. The van der Waals surface area contributed by atoms with Gasteiger partial charge in [0.05, 0.1) is 18.8 Å². The van der Waals surface area contributed by atoms with Gasteiger partial charge in [0, 0.05) is 44.6 Å². The number of nitrogens with one attached hydrogen (secondary N) is 1. The van der Waals surface area contributed by atoms with E-state index >= 15 is 0 Å². The molecule has 16 heavy (non-hydrogen) atoms. The van der Waals surface area contributed by atoms with E-state index < -0.39 is 11.0 Å². The summed E-state index contributed by atoms with van der Waals surface area (Å²) >= 11 is 0. The van der Waals surface area contributed by atoms with Crippen molar-refractivity contribution in [3.63, 3.8) is 0 Å². The third-order valence-corrected chi connectivity index (χ3v) is 3.19. The van der Waals surface area contributed by atoms with Crippen LogP contribution in [0.3, 0.4) is 0 Å². The first kappa shape index (κ1) is 13.9. The summed E-state index contributed by atoms with van der Waals surface area (Å²) < 4.78 is 5.19. The van der Waals surface area contributed by atoms with Crippen molar-refractivity contribution in [1.29, 1.82) is 0 Å². The van der Waals surface area contributed by atoms with Gasteiger partial charge in [-0.3, -0.25) is 0 Å². The standard InChI is InChI=1S/C11H23NO4/c1-10(8-13,9-14)6-12-7-11(15)2-4-16-5-3-11/h12-15H,2-9H2,1H3. The summed E-state index contributed by atoms with van der Waals surface area (Å²) in [7, 11) is 0. The minimum Gasteiger partial charge on any atom is -0.396 e. The highest BCUT2D eigenvalue weighted by molar-refractivity contribution is 4.85. The summed E-state index contributed by atoms with van der Waals surface area (Å²) in [5, 5.41) is 31.5. The molecular weight excluding hydrogens is 210 g/mol. The van der Waals surface area contributed by atoms with E-state index in [0.29, 0.717) is 39.1 Å². The molecule has 0 aromatic heterocycles. The quantitative estimate of drug-likeness (QED) is 0.478. The van der Waals surface area contributed by atoms with Gasteiger partial charge in [-0.2, -0.15) is 0 Å². The Labute approximate surface area is 96.4 Å². The third kappa shape index (κ3) is 3.99. The second-order valence-corrected chi connectivity index (χ2v) is 5.07. The molecule has 1 aliphatic heterocycles. The minimum atomic E-state index is -0.704.